The number of hydrogen-bond acceptors (Lipinski definition) is 2. The summed E-state index contributed by atoms with van der Waals surface area (Å²) >= 11 is 0. The molecule has 0 saturated heterocycles. The van der Waals surface area contributed by atoms with Crippen LogP contribution in [0.4, 0.5) is 0 Å². The average molecular weight is 1500 g/mol. The molecule has 0 atom stereocenters. The first-order valence-corrected chi connectivity index (χ1v) is 26.3. The second-order valence-electron chi connectivity index (χ2n) is 19.9. The van der Waals surface area contributed by atoms with Gasteiger partial charge in [-0.05, 0) is 64.8 Å². The van der Waals surface area contributed by atoms with Gasteiger partial charge in [0.15, 0.2) is 75.8 Å². The monoisotopic (exact) mass is 1500 g/mol. The van der Waals surface area contributed by atoms with Gasteiger partial charge in [-0.2, -0.15) is 0 Å². The number of rotatable bonds is 12. The average Bonchev–Trinajstić information content (AvgIpc) is 4.39. The lowest BCUT2D eigenvalue weighted by molar-refractivity contribution is -0.688. The zero-order valence-electron chi connectivity index (χ0n) is 44.4. The Kier molecular flexibility index (Phi) is 19.3. The van der Waals surface area contributed by atoms with Gasteiger partial charge in [-0.25, -0.2) is 28.3 Å². The van der Waals surface area contributed by atoms with Gasteiger partial charge in [0.05, 0.1) is 28.5 Å². The van der Waals surface area contributed by atoms with Gasteiger partial charge in [0, 0.05) is 123 Å². The summed E-state index contributed by atoms with van der Waals surface area (Å²) in [4.78, 5) is 15.3. The summed E-state index contributed by atoms with van der Waals surface area (Å²) in [6, 6.07) is 67.4. The predicted octanol–water partition coefficient (Wildman–Crippen LogP) is -2.64. The van der Waals surface area contributed by atoms with Crippen molar-refractivity contribution < 1.29 is 114 Å². The van der Waals surface area contributed by atoms with Crippen LogP contribution in [0.15, 0.2) is 290 Å². The molecular weight excluding hydrogens is 1450 g/mol. The zero-order chi connectivity index (χ0) is 51.5. The van der Waals surface area contributed by atoms with E-state index in [0.29, 0.717) is 0 Å². The van der Waals surface area contributed by atoms with E-state index in [4.69, 9.17) is 9.98 Å². The number of fused-ring (bicyclic) bond motifs is 6. The number of nitrogens with zero attached hydrogens (tertiary/aromatic N) is 7. The molecule has 0 amide bonds. The quantitative estimate of drug-likeness (QED) is 0.103. The number of H-pyrrole nitrogens is 1. The molecule has 8 bridgehead atoms. The Bertz CT molecular complexity index is 4150. The number of hydrogen-bond donors (Lipinski definition) is 1. The molecule has 400 valence electrons. The maximum absolute atomic E-state index is 5.65. The number of benzene rings is 4. The van der Waals surface area contributed by atoms with Crippen molar-refractivity contribution in [1.29, 1.82) is 0 Å². The van der Waals surface area contributed by atoms with Crippen LogP contribution in [0.3, 0.4) is 0 Å². The number of aliphatic imine (C=N–C) groups is 2. The molecule has 0 fully saturated rings. The van der Waals surface area contributed by atoms with E-state index < -0.39 is 0 Å². The number of halogens is 4. The maximum atomic E-state index is 5.65. The van der Waals surface area contributed by atoms with Crippen LogP contribution in [0.2, 0.25) is 0 Å². The SMILES string of the molecule is Cn1cc2cc1C(c1ccc(C[n+]3ccccc3)cc1)=C1C=CC(=N1)C(c1ccc(C[n+]3ccccc3)cc1)=c1ccc([nH]1)=C(c1ccc(C[n+]3ccccc3)cc1)C1=NC(=C2c2ccc(C[n+]3ccccc3)cc2)C=C1.[I-].[I-].[I-].[I-]. The Balaban J connectivity index is 0.00000198. The fourth-order valence-corrected chi connectivity index (χ4v) is 10.8. The second-order valence-corrected chi connectivity index (χ2v) is 19.9. The third kappa shape index (κ3) is 13.0. The van der Waals surface area contributed by atoms with Crippen LogP contribution >= 0.6 is 0 Å². The van der Waals surface area contributed by atoms with Crippen molar-refractivity contribution in [2.24, 2.45) is 17.0 Å². The molecule has 0 unspecified atom stereocenters. The summed E-state index contributed by atoms with van der Waals surface area (Å²) in [5.74, 6) is 0. The summed E-state index contributed by atoms with van der Waals surface area (Å²) in [5, 5.41) is 1.94. The van der Waals surface area contributed by atoms with Gasteiger partial charge < -0.3 is 105 Å². The fraction of sp³-hybridized carbons (Fsp3) is 0.0725. The van der Waals surface area contributed by atoms with E-state index in [2.05, 4.69) is 303 Å². The molecule has 0 radical (unpaired) electrons. The molecular formula is C69H56I4N8. The highest BCUT2D eigenvalue weighted by molar-refractivity contribution is 6.31. The van der Waals surface area contributed by atoms with Crippen LogP contribution in [-0.4, -0.2) is 21.0 Å². The van der Waals surface area contributed by atoms with Gasteiger partial charge in [-0.15, -0.1) is 0 Å². The summed E-state index contributed by atoms with van der Waals surface area (Å²) in [7, 11) is 2.15. The molecule has 12 heteroatoms. The number of aromatic amines is 1. The van der Waals surface area contributed by atoms with E-state index in [-0.39, 0.29) is 95.9 Å². The fourth-order valence-electron chi connectivity index (χ4n) is 10.8. The molecule has 3 aliphatic rings. The molecule has 4 aromatic carbocycles. The molecule has 1 N–H and O–H groups in total. The lowest BCUT2D eigenvalue weighted by atomic mass is 9.95. The first-order chi connectivity index (χ1) is 38.0. The minimum absolute atomic E-state index is 0. The second kappa shape index (κ2) is 26.7. The van der Waals surface area contributed by atoms with Crippen molar-refractivity contribution in [1.82, 2.24) is 9.55 Å². The van der Waals surface area contributed by atoms with Crippen molar-refractivity contribution in [2.45, 2.75) is 26.2 Å². The lowest BCUT2D eigenvalue weighted by Crippen LogP contribution is -3.00. The van der Waals surface area contributed by atoms with Crippen molar-refractivity contribution in [3.05, 3.63) is 346 Å². The van der Waals surface area contributed by atoms with Gasteiger partial charge in [0.2, 0.25) is 0 Å². The zero-order valence-corrected chi connectivity index (χ0v) is 53.0. The number of nitrogens with one attached hydrogen (secondary N) is 1. The minimum atomic E-state index is 0. The van der Waals surface area contributed by atoms with E-state index in [9.17, 15) is 0 Å². The van der Waals surface area contributed by atoms with Gasteiger partial charge in [-0.1, -0.05) is 121 Å². The lowest BCUT2D eigenvalue weighted by Gasteiger charge is -2.13. The third-order valence-electron chi connectivity index (χ3n) is 14.6. The minimum Gasteiger partial charge on any atom is -1.00 e. The van der Waals surface area contributed by atoms with Crippen molar-refractivity contribution in [3.8, 4) is 0 Å². The van der Waals surface area contributed by atoms with Crippen molar-refractivity contribution in [2.75, 3.05) is 0 Å². The Morgan fingerprint density at radius 1 is 0.346 bits per heavy atom. The van der Waals surface area contributed by atoms with Crippen LogP contribution in [0.1, 0.15) is 55.8 Å². The highest BCUT2D eigenvalue weighted by Crippen LogP contribution is 2.38. The number of aromatic nitrogens is 6. The third-order valence-corrected chi connectivity index (χ3v) is 14.6. The molecule has 9 heterocycles. The smallest absolute Gasteiger partial charge is 0.173 e. The molecule has 3 aliphatic heterocycles. The van der Waals surface area contributed by atoms with E-state index in [0.717, 1.165) is 115 Å². The van der Waals surface area contributed by atoms with Gasteiger partial charge in [0.25, 0.3) is 0 Å². The summed E-state index contributed by atoms with van der Waals surface area (Å²) in [5.41, 5.74) is 19.0. The van der Waals surface area contributed by atoms with E-state index in [1.54, 1.807) is 0 Å². The number of pyridine rings is 4. The van der Waals surface area contributed by atoms with Crippen molar-refractivity contribution >= 4 is 33.7 Å². The molecule has 81 heavy (non-hydrogen) atoms. The molecule has 10 aromatic rings. The molecule has 6 aromatic heterocycles. The Morgan fingerprint density at radius 3 is 1.00 bits per heavy atom. The number of aryl methyl sites for hydroxylation is 1. The van der Waals surface area contributed by atoms with Gasteiger partial charge in [0.1, 0.15) is 0 Å². The van der Waals surface area contributed by atoms with Crippen LogP contribution in [0, 0.1) is 0 Å². The van der Waals surface area contributed by atoms with E-state index in [1.165, 1.54) is 22.3 Å². The normalized spacial score (nSPS) is 13.2. The molecule has 0 aliphatic carbocycles. The highest BCUT2D eigenvalue weighted by atomic mass is 127. The molecule has 13 rings (SSSR count). The highest BCUT2D eigenvalue weighted by Gasteiger charge is 2.25. The van der Waals surface area contributed by atoms with Gasteiger partial charge >= 0.3 is 0 Å². The maximum Gasteiger partial charge on any atom is 0.173 e. The Morgan fingerprint density at radius 2 is 0.654 bits per heavy atom. The number of allylic oxidation sites excluding steroid dienone is 4. The van der Waals surface area contributed by atoms with E-state index >= 15 is 0 Å². The Hall–Kier alpha value is -7.00. The first-order valence-electron chi connectivity index (χ1n) is 26.3. The van der Waals surface area contributed by atoms with Crippen LogP contribution < -0.4 is 125 Å². The topological polar surface area (TPSA) is 61.0 Å². The molecule has 0 saturated carbocycles. The predicted molar refractivity (Wildman–Crippen MR) is 304 cm³/mol. The molecule has 0 spiro atoms. The summed E-state index contributed by atoms with van der Waals surface area (Å²) < 4.78 is 11.1. The Labute approximate surface area is 541 Å². The largest absolute Gasteiger partial charge is 1.00 e. The summed E-state index contributed by atoms with van der Waals surface area (Å²) in [6.07, 6.45) is 27.9. The van der Waals surface area contributed by atoms with Crippen molar-refractivity contribution in [3.63, 3.8) is 0 Å². The molecule has 8 nitrogen and oxygen atoms in total. The van der Waals surface area contributed by atoms with Crippen LogP contribution in [0.5, 0.6) is 0 Å². The first kappa shape index (κ1) is 58.6. The standard InChI is InChI=1S/C69H56N8.4HI/c1-73-49-58-44-65(73)69(57-28-20-53(21-29-57)48-77-42-12-5-13-43-77)64-35-34-63(72-64)68(56-26-18-52(19-27-56)47-76-40-10-4-11-41-76)62-33-32-61(71-62)67(55-24-16-51(17-25-55)46-75-38-8-3-9-39-75)60-31-30-59(70-60)66(58)54-22-14-50(15-23-54)45-74-36-6-2-7-37-74;;;;/h2-44,49,71H,45-48H2,1H3;4*1H/q+4;;;;/p-4. The van der Waals surface area contributed by atoms with Gasteiger partial charge in [-0.3, -0.25) is 0 Å². The summed E-state index contributed by atoms with van der Waals surface area (Å²) in [6.45, 7) is 3.10. The van der Waals surface area contributed by atoms with E-state index in [1.807, 2.05) is 0 Å². The van der Waals surface area contributed by atoms with Crippen LogP contribution in [-0.2, 0) is 33.2 Å². The van der Waals surface area contributed by atoms with Crippen LogP contribution in [0.25, 0.3) is 22.3 Å².